The van der Waals surface area contributed by atoms with Crippen LogP contribution in [-0.4, -0.2) is 63.9 Å². The van der Waals surface area contributed by atoms with E-state index in [0.717, 1.165) is 88.8 Å². The molecular formula is C29H37N5O. The Labute approximate surface area is 208 Å². The lowest BCUT2D eigenvalue weighted by Gasteiger charge is -2.45. The van der Waals surface area contributed by atoms with Crippen molar-refractivity contribution in [3.8, 4) is 0 Å². The van der Waals surface area contributed by atoms with Gasteiger partial charge in [0.25, 0.3) is 0 Å². The summed E-state index contributed by atoms with van der Waals surface area (Å²) in [5, 5.41) is 1.21. The molecule has 6 heteroatoms. The van der Waals surface area contributed by atoms with Crippen molar-refractivity contribution in [2.75, 3.05) is 33.2 Å². The first-order chi connectivity index (χ1) is 17.1. The second kappa shape index (κ2) is 10.8. The largest absolute Gasteiger partial charge is 0.342 e. The van der Waals surface area contributed by atoms with Crippen LogP contribution in [0.25, 0.3) is 10.9 Å². The molecule has 6 nitrogen and oxygen atoms in total. The van der Waals surface area contributed by atoms with Crippen LogP contribution in [0.15, 0.2) is 55.1 Å². The summed E-state index contributed by atoms with van der Waals surface area (Å²) in [5.74, 6) is 1.02. The first-order valence-corrected chi connectivity index (χ1v) is 13.2. The number of aryl methyl sites for hydroxylation is 1. The minimum absolute atomic E-state index is 0.257. The molecule has 2 saturated heterocycles. The van der Waals surface area contributed by atoms with Crippen molar-refractivity contribution in [2.45, 2.75) is 51.4 Å². The fraction of sp³-hybridized carbons (Fsp3) is 0.517. The predicted molar refractivity (Wildman–Crippen MR) is 139 cm³/mol. The van der Waals surface area contributed by atoms with Gasteiger partial charge in [0.05, 0.1) is 16.6 Å². The zero-order valence-electron chi connectivity index (χ0n) is 20.9. The topological polar surface area (TPSA) is 62.2 Å². The van der Waals surface area contributed by atoms with Gasteiger partial charge in [0.2, 0.25) is 5.91 Å². The summed E-state index contributed by atoms with van der Waals surface area (Å²) in [7, 11) is 2.16. The third-order valence-electron chi connectivity index (χ3n) is 8.02. The van der Waals surface area contributed by atoms with Gasteiger partial charge >= 0.3 is 0 Å². The van der Waals surface area contributed by atoms with Gasteiger partial charge in [0.1, 0.15) is 0 Å². The zero-order chi connectivity index (χ0) is 24.1. The van der Waals surface area contributed by atoms with Gasteiger partial charge in [-0.15, -0.1) is 0 Å². The summed E-state index contributed by atoms with van der Waals surface area (Å²) >= 11 is 0. The van der Waals surface area contributed by atoms with Crippen molar-refractivity contribution in [3.05, 3.63) is 66.4 Å². The molecule has 0 N–H and O–H groups in total. The molecule has 0 radical (unpaired) electrons. The van der Waals surface area contributed by atoms with E-state index < -0.39 is 0 Å². The van der Waals surface area contributed by atoms with Crippen LogP contribution in [0, 0.1) is 11.3 Å². The lowest BCUT2D eigenvalue weighted by molar-refractivity contribution is -0.147. The van der Waals surface area contributed by atoms with Gasteiger partial charge in [-0.1, -0.05) is 12.1 Å². The molecule has 0 aliphatic carbocycles. The third-order valence-corrected chi connectivity index (χ3v) is 8.02. The lowest BCUT2D eigenvalue weighted by Crippen LogP contribution is -2.54. The molecule has 1 atom stereocenters. The maximum atomic E-state index is 13.9. The minimum Gasteiger partial charge on any atom is -0.342 e. The molecule has 2 aliphatic rings. The highest BCUT2D eigenvalue weighted by Crippen LogP contribution is 2.38. The predicted octanol–water partition coefficient (Wildman–Crippen LogP) is 4.54. The summed E-state index contributed by atoms with van der Waals surface area (Å²) in [6.07, 6.45) is 15.3. The Morgan fingerprint density at radius 3 is 2.77 bits per heavy atom. The van der Waals surface area contributed by atoms with Gasteiger partial charge in [-0.2, -0.15) is 0 Å². The van der Waals surface area contributed by atoms with Crippen molar-refractivity contribution in [3.63, 3.8) is 0 Å². The highest BCUT2D eigenvalue weighted by Gasteiger charge is 2.43. The highest BCUT2D eigenvalue weighted by molar-refractivity contribution is 5.83. The van der Waals surface area contributed by atoms with Gasteiger partial charge in [-0.3, -0.25) is 19.7 Å². The van der Waals surface area contributed by atoms with E-state index in [1.807, 2.05) is 18.5 Å². The number of hydrogen-bond acceptors (Lipinski definition) is 5. The molecule has 2 aliphatic heterocycles. The number of pyridine rings is 1. The van der Waals surface area contributed by atoms with Crippen LogP contribution in [-0.2, 0) is 17.6 Å². The number of carbonyl (C=O) groups is 1. The van der Waals surface area contributed by atoms with Gasteiger partial charge < -0.3 is 9.80 Å². The lowest BCUT2D eigenvalue weighted by atomic mass is 9.74. The molecule has 5 rings (SSSR count). The third kappa shape index (κ3) is 5.69. The summed E-state index contributed by atoms with van der Waals surface area (Å²) in [5.41, 5.74) is 3.20. The van der Waals surface area contributed by atoms with E-state index in [9.17, 15) is 4.79 Å². The number of aromatic nitrogens is 3. The molecule has 3 aromatic rings. The first kappa shape index (κ1) is 23.9. The Morgan fingerprint density at radius 1 is 1.09 bits per heavy atom. The number of nitrogens with zero attached hydrogens (tertiary/aromatic N) is 5. The van der Waals surface area contributed by atoms with Crippen LogP contribution in [0.2, 0.25) is 0 Å². The molecule has 1 amide bonds. The van der Waals surface area contributed by atoms with E-state index in [2.05, 4.69) is 56.1 Å². The first-order valence-electron chi connectivity index (χ1n) is 13.2. The molecule has 0 spiro atoms. The molecule has 1 aromatic carbocycles. The van der Waals surface area contributed by atoms with Crippen molar-refractivity contribution in [1.29, 1.82) is 0 Å². The van der Waals surface area contributed by atoms with Crippen molar-refractivity contribution in [2.24, 2.45) is 11.3 Å². The van der Waals surface area contributed by atoms with Crippen molar-refractivity contribution in [1.82, 2.24) is 24.8 Å². The number of fused-ring (bicyclic) bond motifs is 1. The van der Waals surface area contributed by atoms with Gasteiger partial charge in [0.15, 0.2) is 0 Å². The molecule has 0 bridgehead atoms. The monoisotopic (exact) mass is 471 g/mol. The normalized spacial score (nSPS) is 21.9. The Hall–Kier alpha value is -2.86. The minimum atomic E-state index is -0.257. The van der Waals surface area contributed by atoms with Crippen LogP contribution >= 0.6 is 0 Å². The summed E-state index contributed by atoms with van der Waals surface area (Å²) in [4.78, 5) is 31.5. The number of amides is 1. The quantitative estimate of drug-likeness (QED) is 0.506. The van der Waals surface area contributed by atoms with Gasteiger partial charge in [-0.05, 0) is 94.6 Å². The molecular weight excluding hydrogens is 434 g/mol. The average molecular weight is 472 g/mol. The second-order valence-corrected chi connectivity index (χ2v) is 10.6. The van der Waals surface area contributed by atoms with E-state index in [0.29, 0.717) is 11.8 Å². The highest BCUT2D eigenvalue weighted by atomic mass is 16.2. The number of likely N-dealkylation sites (tertiary alicyclic amines) is 2. The Balaban J connectivity index is 1.19. The molecule has 35 heavy (non-hydrogen) atoms. The van der Waals surface area contributed by atoms with Crippen LogP contribution in [0.3, 0.4) is 0 Å². The molecule has 0 saturated carbocycles. The molecule has 2 aromatic heterocycles. The van der Waals surface area contributed by atoms with E-state index in [1.165, 1.54) is 10.9 Å². The molecule has 0 unspecified atom stereocenters. The summed E-state index contributed by atoms with van der Waals surface area (Å²) in [6.45, 7) is 3.72. The fourth-order valence-electron chi connectivity index (χ4n) is 6.18. The molecule has 2 fully saturated rings. The molecule has 4 heterocycles. The van der Waals surface area contributed by atoms with Crippen LogP contribution < -0.4 is 0 Å². The second-order valence-electron chi connectivity index (χ2n) is 10.6. The van der Waals surface area contributed by atoms with Crippen LogP contribution in [0.5, 0.6) is 0 Å². The van der Waals surface area contributed by atoms with E-state index in [1.54, 1.807) is 12.4 Å². The van der Waals surface area contributed by atoms with Crippen LogP contribution in [0.1, 0.15) is 49.8 Å². The number of hydrogen-bond donors (Lipinski definition) is 0. The van der Waals surface area contributed by atoms with E-state index >= 15 is 0 Å². The van der Waals surface area contributed by atoms with Crippen molar-refractivity contribution >= 4 is 16.8 Å². The van der Waals surface area contributed by atoms with Crippen LogP contribution in [0.4, 0.5) is 0 Å². The number of benzene rings is 1. The van der Waals surface area contributed by atoms with Gasteiger partial charge in [0, 0.05) is 49.8 Å². The van der Waals surface area contributed by atoms with Gasteiger partial charge in [-0.25, -0.2) is 0 Å². The average Bonchev–Trinajstić information content (AvgIpc) is 2.89. The van der Waals surface area contributed by atoms with E-state index in [4.69, 9.17) is 0 Å². The molecule has 184 valence electrons. The Kier molecular flexibility index (Phi) is 7.37. The fourth-order valence-corrected chi connectivity index (χ4v) is 6.18. The smallest absolute Gasteiger partial charge is 0.230 e. The number of carbonyl (C=O) groups excluding carboxylic acids is 1. The van der Waals surface area contributed by atoms with Crippen molar-refractivity contribution < 1.29 is 4.79 Å². The standard InChI is InChI=1S/C29H37N5O/c1-33-16-4-12-29(22-33,11-2-6-26-21-30-14-15-31-26)28(35)34-17-9-23(10-18-34)19-24-7-8-27-25(20-24)5-3-13-32-27/h3,5,7-8,13-15,20-21,23H,2,4,6,9-12,16-19,22H2,1H3/t29-/m1/s1. The number of piperidine rings is 2. The summed E-state index contributed by atoms with van der Waals surface area (Å²) in [6, 6.07) is 10.8. The Morgan fingerprint density at radius 2 is 1.97 bits per heavy atom. The maximum Gasteiger partial charge on any atom is 0.230 e. The van der Waals surface area contributed by atoms with E-state index in [-0.39, 0.29) is 5.41 Å². The Bertz CT molecular complexity index is 1130. The summed E-state index contributed by atoms with van der Waals surface area (Å²) < 4.78 is 0. The zero-order valence-corrected chi connectivity index (χ0v) is 20.9. The SMILES string of the molecule is CN1CCC[C@@](CCCc2cnccn2)(C(=O)N2CCC(Cc3ccc4ncccc4c3)CC2)C1. The number of rotatable bonds is 7. The maximum absolute atomic E-state index is 13.9.